The van der Waals surface area contributed by atoms with Crippen LogP contribution in [-0.4, -0.2) is 29.2 Å². The monoisotopic (exact) mass is 520 g/mol. The fourth-order valence-corrected chi connectivity index (χ4v) is 5.01. The number of para-hydroxylation sites is 2. The van der Waals surface area contributed by atoms with Gasteiger partial charge in [0.1, 0.15) is 5.75 Å². The molecule has 0 bridgehead atoms. The number of ether oxygens (including phenoxy) is 3. The van der Waals surface area contributed by atoms with Crippen molar-refractivity contribution in [2.24, 2.45) is 0 Å². The topological polar surface area (TPSA) is 62.1 Å². The minimum absolute atomic E-state index is 0.0714. The van der Waals surface area contributed by atoms with E-state index >= 15 is 0 Å². The maximum absolute atomic E-state index is 13.1. The van der Waals surface area contributed by atoms with Gasteiger partial charge in [-0.3, -0.25) is 4.79 Å². The highest BCUT2D eigenvalue weighted by Gasteiger charge is 2.11. The number of imidazole rings is 1. The van der Waals surface area contributed by atoms with E-state index in [0.29, 0.717) is 47.2 Å². The summed E-state index contributed by atoms with van der Waals surface area (Å²) in [6.45, 7) is 5.39. The van der Waals surface area contributed by atoms with Crippen molar-refractivity contribution in [3.8, 4) is 17.2 Å². The molecule has 0 spiro atoms. The first-order chi connectivity index (χ1) is 17.5. The molecule has 0 N–H and O–H groups in total. The molecule has 0 saturated heterocycles. The van der Waals surface area contributed by atoms with E-state index in [1.54, 1.807) is 4.40 Å². The molecular formula is C28H25ClN2O4S. The molecule has 0 amide bonds. The fourth-order valence-electron chi connectivity index (χ4n) is 3.90. The van der Waals surface area contributed by atoms with Crippen LogP contribution in [0.4, 0.5) is 0 Å². The van der Waals surface area contributed by atoms with Crippen LogP contribution in [0.25, 0.3) is 22.1 Å². The quantitative estimate of drug-likeness (QED) is 0.234. The number of thiazole rings is 1. The summed E-state index contributed by atoms with van der Waals surface area (Å²) in [7, 11) is 0. The third-order valence-electron chi connectivity index (χ3n) is 5.65. The molecular weight excluding hydrogens is 496 g/mol. The number of rotatable bonds is 9. The summed E-state index contributed by atoms with van der Waals surface area (Å²) in [5.74, 6) is 2.09. The zero-order chi connectivity index (χ0) is 25.1. The highest BCUT2D eigenvalue weighted by molar-refractivity contribution is 7.15. The predicted octanol–water partition coefficient (Wildman–Crippen LogP) is 5.67. The van der Waals surface area contributed by atoms with Gasteiger partial charge in [0.15, 0.2) is 16.5 Å². The molecule has 0 unspecified atom stereocenters. The van der Waals surface area contributed by atoms with Crippen LogP contribution < -0.4 is 24.3 Å². The summed E-state index contributed by atoms with van der Waals surface area (Å²) in [6, 6.07) is 19.0. The highest BCUT2D eigenvalue weighted by Crippen LogP contribution is 2.29. The van der Waals surface area contributed by atoms with E-state index in [-0.39, 0.29) is 5.56 Å². The van der Waals surface area contributed by atoms with Crippen LogP contribution in [-0.2, 0) is 0 Å². The van der Waals surface area contributed by atoms with Crippen LogP contribution >= 0.6 is 22.9 Å². The van der Waals surface area contributed by atoms with Crippen LogP contribution in [0.3, 0.4) is 0 Å². The Morgan fingerprint density at radius 1 is 1.00 bits per heavy atom. The molecule has 0 atom stereocenters. The Bertz CT molecular complexity index is 1640. The van der Waals surface area contributed by atoms with Gasteiger partial charge in [0.25, 0.3) is 5.56 Å². The van der Waals surface area contributed by atoms with E-state index in [4.69, 9.17) is 25.8 Å². The van der Waals surface area contributed by atoms with Gasteiger partial charge in [-0.15, -0.1) is 0 Å². The molecule has 2 aromatic heterocycles. The zero-order valence-electron chi connectivity index (χ0n) is 20.0. The highest BCUT2D eigenvalue weighted by atomic mass is 35.5. The van der Waals surface area contributed by atoms with Gasteiger partial charge in [-0.2, -0.15) is 0 Å². The molecule has 0 aliphatic heterocycles. The number of hydrogen-bond acceptors (Lipinski definition) is 6. The average Bonchev–Trinajstić information content (AvgIpc) is 3.38. The standard InChI is InChI=1S/C28H25ClN2O4S/c1-3-33-25-16-19(17-26-27(32)31-23-8-5-4-7-22(23)30-28(31)36-26)9-12-24(25)35-14-6-13-34-20-10-11-21(29)18(2)15-20/h4-5,7-12,15-17H,3,6,13-14H2,1-2H3. The smallest absolute Gasteiger partial charge is 0.274 e. The molecule has 0 radical (unpaired) electrons. The van der Waals surface area contributed by atoms with Crippen LogP contribution in [0.2, 0.25) is 5.02 Å². The largest absolute Gasteiger partial charge is 0.493 e. The lowest BCUT2D eigenvalue weighted by molar-refractivity contribution is 0.236. The van der Waals surface area contributed by atoms with Gasteiger partial charge < -0.3 is 14.2 Å². The third kappa shape index (κ3) is 5.03. The second-order valence-corrected chi connectivity index (χ2v) is 9.65. The molecule has 5 aromatic rings. The van der Waals surface area contributed by atoms with Gasteiger partial charge in [0.2, 0.25) is 0 Å². The normalized spacial score (nSPS) is 11.9. The Kier molecular flexibility index (Phi) is 7.11. The molecule has 6 nitrogen and oxygen atoms in total. The molecule has 36 heavy (non-hydrogen) atoms. The second-order valence-electron chi connectivity index (χ2n) is 8.23. The van der Waals surface area contributed by atoms with E-state index in [9.17, 15) is 4.79 Å². The maximum Gasteiger partial charge on any atom is 0.274 e. The van der Waals surface area contributed by atoms with Crippen LogP contribution in [0, 0.1) is 6.92 Å². The van der Waals surface area contributed by atoms with Crippen molar-refractivity contribution in [3.05, 3.63) is 91.7 Å². The van der Waals surface area contributed by atoms with Crippen molar-refractivity contribution in [1.29, 1.82) is 0 Å². The third-order valence-corrected chi connectivity index (χ3v) is 7.05. The van der Waals surface area contributed by atoms with E-state index in [1.165, 1.54) is 11.3 Å². The lowest BCUT2D eigenvalue weighted by Crippen LogP contribution is -2.22. The Labute approximate surface area is 217 Å². The van der Waals surface area contributed by atoms with E-state index in [2.05, 4.69) is 4.98 Å². The summed E-state index contributed by atoms with van der Waals surface area (Å²) < 4.78 is 19.9. The van der Waals surface area contributed by atoms with Gasteiger partial charge in [-0.05, 0) is 73.5 Å². The fraction of sp³-hybridized carbons (Fsp3) is 0.214. The number of halogens is 1. The van der Waals surface area contributed by atoms with Crippen molar-refractivity contribution < 1.29 is 14.2 Å². The molecule has 8 heteroatoms. The summed E-state index contributed by atoms with van der Waals surface area (Å²) in [4.78, 5) is 18.3. The van der Waals surface area contributed by atoms with Crippen molar-refractivity contribution in [2.75, 3.05) is 19.8 Å². The minimum atomic E-state index is -0.0714. The van der Waals surface area contributed by atoms with Crippen LogP contribution in [0.15, 0.2) is 65.5 Å². The first-order valence-electron chi connectivity index (χ1n) is 11.7. The van der Waals surface area contributed by atoms with Crippen molar-refractivity contribution >= 4 is 45.0 Å². The first kappa shape index (κ1) is 24.2. The van der Waals surface area contributed by atoms with Crippen LogP contribution in [0.1, 0.15) is 24.5 Å². The van der Waals surface area contributed by atoms with E-state index in [0.717, 1.165) is 32.9 Å². The lowest BCUT2D eigenvalue weighted by Gasteiger charge is -2.13. The number of aromatic nitrogens is 2. The van der Waals surface area contributed by atoms with Crippen molar-refractivity contribution in [2.45, 2.75) is 20.3 Å². The van der Waals surface area contributed by atoms with Crippen LogP contribution in [0.5, 0.6) is 17.2 Å². The number of fused-ring (bicyclic) bond motifs is 3. The molecule has 0 aliphatic rings. The second kappa shape index (κ2) is 10.6. The number of nitrogens with zero attached hydrogens (tertiary/aromatic N) is 2. The SMILES string of the molecule is CCOc1cc(C=c2sc3nc4ccccc4n3c2=O)ccc1OCCCOc1ccc(Cl)c(C)c1. The molecule has 0 fully saturated rings. The maximum atomic E-state index is 13.1. The molecule has 184 valence electrons. The molecule has 0 aliphatic carbocycles. The Balaban J connectivity index is 1.29. The van der Waals surface area contributed by atoms with Gasteiger partial charge in [-0.1, -0.05) is 41.1 Å². The van der Waals surface area contributed by atoms with Crippen molar-refractivity contribution in [1.82, 2.24) is 9.38 Å². The summed E-state index contributed by atoms with van der Waals surface area (Å²) in [5.41, 5.74) is 3.41. The summed E-state index contributed by atoms with van der Waals surface area (Å²) >= 11 is 7.44. The number of hydrogen-bond donors (Lipinski definition) is 0. The minimum Gasteiger partial charge on any atom is -0.493 e. The molecule has 2 heterocycles. The lowest BCUT2D eigenvalue weighted by atomic mass is 10.2. The first-order valence-corrected chi connectivity index (χ1v) is 12.9. The molecule has 0 saturated carbocycles. The van der Waals surface area contributed by atoms with Gasteiger partial charge in [0, 0.05) is 11.4 Å². The Morgan fingerprint density at radius 3 is 2.67 bits per heavy atom. The Hall–Kier alpha value is -3.55. The van der Waals surface area contributed by atoms with Gasteiger partial charge in [0.05, 0.1) is 35.4 Å². The molecule has 3 aromatic carbocycles. The summed E-state index contributed by atoms with van der Waals surface area (Å²) in [6.07, 6.45) is 2.58. The van der Waals surface area contributed by atoms with Gasteiger partial charge >= 0.3 is 0 Å². The van der Waals surface area contributed by atoms with Gasteiger partial charge in [-0.25, -0.2) is 9.38 Å². The van der Waals surface area contributed by atoms with E-state index in [1.807, 2.05) is 80.6 Å². The van der Waals surface area contributed by atoms with E-state index < -0.39 is 0 Å². The number of aryl methyl sites for hydroxylation is 1. The van der Waals surface area contributed by atoms with Crippen molar-refractivity contribution in [3.63, 3.8) is 0 Å². The predicted molar refractivity (Wildman–Crippen MR) is 145 cm³/mol. The number of benzene rings is 3. The average molecular weight is 521 g/mol. The zero-order valence-corrected chi connectivity index (χ0v) is 21.6. The summed E-state index contributed by atoms with van der Waals surface area (Å²) in [5, 5.41) is 0.726. The Morgan fingerprint density at radius 2 is 1.83 bits per heavy atom. The molecule has 5 rings (SSSR count).